The number of nitrogens with zero attached hydrogens (tertiary/aromatic N) is 1. The highest BCUT2D eigenvalue weighted by Crippen LogP contribution is 2.32. The van der Waals surface area contributed by atoms with Crippen molar-refractivity contribution < 1.29 is 19.2 Å². The van der Waals surface area contributed by atoms with Crippen molar-refractivity contribution in [2.75, 3.05) is 19.6 Å². The number of rotatable bonds is 8. The first-order valence-corrected chi connectivity index (χ1v) is 10.7. The minimum absolute atomic E-state index is 0.0479. The molecule has 31 heavy (non-hydrogen) atoms. The van der Waals surface area contributed by atoms with E-state index in [1.807, 2.05) is 30.3 Å². The molecule has 0 bridgehead atoms. The van der Waals surface area contributed by atoms with Gasteiger partial charge < -0.3 is 10.6 Å². The van der Waals surface area contributed by atoms with Crippen molar-refractivity contribution in [1.82, 2.24) is 15.5 Å². The molecule has 0 atom stereocenters. The van der Waals surface area contributed by atoms with Gasteiger partial charge in [-0.25, -0.2) is 0 Å². The zero-order valence-electron chi connectivity index (χ0n) is 16.5. The van der Waals surface area contributed by atoms with E-state index in [2.05, 4.69) is 10.6 Å². The van der Waals surface area contributed by atoms with Gasteiger partial charge in [0.05, 0.1) is 17.9 Å². The number of carbonyl (C=O) groups is 4. The lowest BCUT2D eigenvalue weighted by Gasteiger charge is -2.13. The van der Waals surface area contributed by atoms with Crippen LogP contribution >= 0.6 is 23.4 Å². The SMILES string of the molecule is O=C(CNC(=O)Cc1ccccc1)NCCN1C(=O)S/C(=C\c2ccc(Cl)cc2)C1=O. The standard InChI is InChI=1S/C22H20ClN3O4S/c23-17-8-6-16(7-9-17)12-18-21(29)26(22(30)31-18)11-10-24-20(28)14-25-19(27)13-15-4-2-1-3-5-15/h1-9,12H,10-11,13-14H2,(H,24,28)(H,25,27)/b18-12-. The lowest BCUT2D eigenvalue weighted by atomic mass is 10.1. The largest absolute Gasteiger partial charge is 0.353 e. The van der Waals surface area contributed by atoms with Gasteiger partial charge in [0.15, 0.2) is 0 Å². The Kier molecular flexibility index (Phi) is 7.86. The molecular weight excluding hydrogens is 438 g/mol. The molecule has 0 saturated carbocycles. The average molecular weight is 458 g/mol. The summed E-state index contributed by atoms with van der Waals surface area (Å²) in [5, 5.41) is 5.33. The summed E-state index contributed by atoms with van der Waals surface area (Å²) in [7, 11) is 0. The van der Waals surface area contributed by atoms with Gasteiger partial charge in [-0.15, -0.1) is 0 Å². The van der Waals surface area contributed by atoms with Crippen molar-refractivity contribution in [1.29, 1.82) is 0 Å². The third kappa shape index (κ3) is 6.70. The van der Waals surface area contributed by atoms with Crippen molar-refractivity contribution >= 4 is 52.4 Å². The summed E-state index contributed by atoms with van der Waals surface area (Å²) >= 11 is 6.70. The van der Waals surface area contributed by atoms with E-state index in [9.17, 15) is 19.2 Å². The molecule has 1 aliphatic rings. The number of thioether (sulfide) groups is 1. The second-order valence-electron chi connectivity index (χ2n) is 6.67. The Morgan fingerprint density at radius 2 is 1.68 bits per heavy atom. The van der Waals surface area contributed by atoms with Crippen molar-refractivity contribution in [3.8, 4) is 0 Å². The average Bonchev–Trinajstić information content (AvgIpc) is 3.02. The van der Waals surface area contributed by atoms with Gasteiger partial charge in [-0.05, 0) is 41.1 Å². The molecule has 9 heteroatoms. The molecule has 4 amide bonds. The number of nitrogens with one attached hydrogen (secondary N) is 2. The first-order valence-electron chi connectivity index (χ1n) is 9.50. The van der Waals surface area contributed by atoms with E-state index < -0.39 is 17.1 Å². The van der Waals surface area contributed by atoms with Crippen LogP contribution in [0.15, 0.2) is 59.5 Å². The smallest absolute Gasteiger partial charge is 0.293 e. The van der Waals surface area contributed by atoms with Gasteiger partial charge in [0.2, 0.25) is 11.8 Å². The fourth-order valence-electron chi connectivity index (χ4n) is 2.80. The Hall–Kier alpha value is -3.10. The van der Waals surface area contributed by atoms with E-state index in [4.69, 9.17) is 11.6 Å². The Morgan fingerprint density at radius 3 is 2.39 bits per heavy atom. The summed E-state index contributed by atoms with van der Waals surface area (Å²) in [6.45, 7) is -0.0317. The number of benzene rings is 2. The maximum absolute atomic E-state index is 12.5. The van der Waals surface area contributed by atoms with E-state index in [0.717, 1.165) is 27.8 Å². The maximum Gasteiger partial charge on any atom is 0.293 e. The van der Waals surface area contributed by atoms with E-state index in [1.54, 1.807) is 30.3 Å². The van der Waals surface area contributed by atoms with E-state index in [0.29, 0.717) is 9.93 Å². The molecule has 0 aromatic heterocycles. The third-order valence-corrected chi connectivity index (χ3v) is 5.51. The van der Waals surface area contributed by atoms with Crippen LogP contribution in [0, 0.1) is 0 Å². The zero-order chi connectivity index (χ0) is 22.2. The van der Waals surface area contributed by atoms with Crippen LogP contribution in [0.5, 0.6) is 0 Å². The molecule has 2 aromatic carbocycles. The van der Waals surface area contributed by atoms with E-state index >= 15 is 0 Å². The summed E-state index contributed by atoms with van der Waals surface area (Å²) in [5.74, 6) is -1.07. The second kappa shape index (κ2) is 10.8. The molecule has 2 N–H and O–H groups in total. The molecule has 160 valence electrons. The summed E-state index contributed by atoms with van der Waals surface area (Å²) in [6.07, 6.45) is 1.81. The van der Waals surface area contributed by atoms with Crippen LogP contribution in [0.25, 0.3) is 6.08 Å². The van der Waals surface area contributed by atoms with Crippen LogP contribution in [-0.2, 0) is 20.8 Å². The Morgan fingerprint density at radius 1 is 0.968 bits per heavy atom. The zero-order valence-corrected chi connectivity index (χ0v) is 18.0. The fraction of sp³-hybridized carbons (Fsp3) is 0.182. The predicted molar refractivity (Wildman–Crippen MR) is 120 cm³/mol. The van der Waals surface area contributed by atoms with Gasteiger partial charge in [0.1, 0.15) is 0 Å². The second-order valence-corrected chi connectivity index (χ2v) is 8.10. The summed E-state index contributed by atoms with van der Waals surface area (Å²) in [4.78, 5) is 49.8. The predicted octanol–water partition coefficient (Wildman–Crippen LogP) is 2.85. The minimum atomic E-state index is -0.407. The molecule has 3 rings (SSSR count). The highest BCUT2D eigenvalue weighted by Gasteiger charge is 2.34. The Bertz CT molecular complexity index is 1010. The molecule has 0 radical (unpaired) electrons. The highest BCUT2D eigenvalue weighted by molar-refractivity contribution is 8.18. The van der Waals surface area contributed by atoms with E-state index in [-0.39, 0.29) is 32.0 Å². The van der Waals surface area contributed by atoms with Crippen LogP contribution in [-0.4, -0.2) is 47.5 Å². The number of amides is 4. The monoisotopic (exact) mass is 457 g/mol. The van der Waals surface area contributed by atoms with Gasteiger partial charge in [-0.1, -0.05) is 54.1 Å². The molecule has 2 aromatic rings. The number of halogens is 1. The molecule has 0 spiro atoms. The normalized spacial score (nSPS) is 14.7. The molecule has 1 aliphatic heterocycles. The van der Waals surface area contributed by atoms with Gasteiger partial charge in [-0.2, -0.15) is 0 Å². The first-order chi connectivity index (χ1) is 14.9. The minimum Gasteiger partial charge on any atom is -0.353 e. The van der Waals surface area contributed by atoms with Crippen molar-refractivity contribution in [3.05, 3.63) is 75.7 Å². The molecule has 0 unspecified atom stereocenters. The van der Waals surface area contributed by atoms with Crippen molar-refractivity contribution in [2.45, 2.75) is 6.42 Å². The van der Waals surface area contributed by atoms with Gasteiger partial charge in [-0.3, -0.25) is 24.1 Å². The molecule has 1 heterocycles. The molecule has 7 nitrogen and oxygen atoms in total. The van der Waals surface area contributed by atoms with Crippen molar-refractivity contribution in [2.24, 2.45) is 0 Å². The topological polar surface area (TPSA) is 95.6 Å². The summed E-state index contributed by atoms with van der Waals surface area (Å²) in [5.41, 5.74) is 1.61. The van der Waals surface area contributed by atoms with Gasteiger partial charge in [0, 0.05) is 18.1 Å². The van der Waals surface area contributed by atoms with Crippen LogP contribution in [0.2, 0.25) is 5.02 Å². The summed E-state index contributed by atoms with van der Waals surface area (Å²) in [6, 6.07) is 16.1. The van der Waals surface area contributed by atoms with Crippen LogP contribution in [0.4, 0.5) is 4.79 Å². The number of carbonyl (C=O) groups excluding carboxylic acids is 4. The van der Waals surface area contributed by atoms with Crippen LogP contribution < -0.4 is 10.6 Å². The van der Waals surface area contributed by atoms with Crippen LogP contribution in [0.1, 0.15) is 11.1 Å². The number of hydrogen-bond donors (Lipinski definition) is 2. The van der Waals surface area contributed by atoms with E-state index in [1.165, 1.54) is 0 Å². The lowest BCUT2D eigenvalue weighted by molar-refractivity contribution is -0.126. The van der Waals surface area contributed by atoms with Gasteiger partial charge in [0.25, 0.3) is 11.1 Å². The van der Waals surface area contributed by atoms with Crippen molar-refractivity contribution in [3.63, 3.8) is 0 Å². The molecule has 0 aliphatic carbocycles. The quantitative estimate of drug-likeness (QED) is 0.594. The molecule has 1 fully saturated rings. The number of hydrogen-bond acceptors (Lipinski definition) is 5. The third-order valence-electron chi connectivity index (χ3n) is 4.35. The first kappa shape index (κ1) is 22.6. The number of imide groups is 1. The lowest BCUT2D eigenvalue weighted by Crippen LogP contribution is -2.41. The molecular formula is C22H20ClN3O4S. The summed E-state index contributed by atoms with van der Waals surface area (Å²) < 4.78 is 0. The van der Waals surface area contributed by atoms with Gasteiger partial charge >= 0.3 is 0 Å². The Labute approximate surface area is 188 Å². The Balaban J connectivity index is 1.42. The highest BCUT2D eigenvalue weighted by atomic mass is 35.5. The molecule has 1 saturated heterocycles. The fourth-order valence-corrected chi connectivity index (χ4v) is 3.79. The maximum atomic E-state index is 12.5. The van der Waals surface area contributed by atoms with Crippen LogP contribution in [0.3, 0.4) is 0 Å².